The van der Waals surface area contributed by atoms with Crippen molar-refractivity contribution >= 4 is 27.3 Å². The summed E-state index contributed by atoms with van der Waals surface area (Å²) in [5.74, 6) is 1.04. The first-order valence-electron chi connectivity index (χ1n) is 7.03. The van der Waals surface area contributed by atoms with Crippen LogP contribution in [0.1, 0.15) is 46.5 Å². The molecule has 1 aromatic heterocycles. The molecule has 2 aromatic rings. The predicted octanol–water partition coefficient (Wildman–Crippen LogP) is 5.51. The molecule has 3 rings (SSSR count). The Morgan fingerprint density at radius 2 is 2.10 bits per heavy atom. The van der Waals surface area contributed by atoms with Crippen LogP contribution in [0, 0.1) is 0 Å². The van der Waals surface area contributed by atoms with Crippen molar-refractivity contribution in [2.75, 3.05) is 0 Å². The van der Waals surface area contributed by atoms with Crippen LogP contribution < -0.4 is 4.74 Å². The Morgan fingerprint density at radius 1 is 1.30 bits per heavy atom. The van der Waals surface area contributed by atoms with E-state index in [0.717, 1.165) is 18.6 Å². The van der Waals surface area contributed by atoms with Gasteiger partial charge in [0.2, 0.25) is 0 Å². The van der Waals surface area contributed by atoms with E-state index in [2.05, 4.69) is 67.0 Å². The Morgan fingerprint density at radius 3 is 2.80 bits per heavy atom. The molecule has 1 aliphatic heterocycles. The van der Waals surface area contributed by atoms with Crippen molar-refractivity contribution in [2.24, 2.45) is 0 Å². The number of thiophene rings is 1. The number of rotatable bonds is 3. The lowest BCUT2D eigenvalue weighted by atomic mass is 9.99. The highest BCUT2D eigenvalue weighted by atomic mass is 79.9. The van der Waals surface area contributed by atoms with Gasteiger partial charge in [0, 0.05) is 16.2 Å². The van der Waals surface area contributed by atoms with Crippen LogP contribution in [0.2, 0.25) is 0 Å². The number of aryl methyl sites for hydroxylation is 1. The molecule has 0 amide bonds. The zero-order chi connectivity index (χ0) is 14.3. The van der Waals surface area contributed by atoms with Crippen molar-refractivity contribution in [2.45, 2.75) is 44.0 Å². The molecule has 2 heterocycles. The summed E-state index contributed by atoms with van der Waals surface area (Å²) >= 11 is 5.73. The molecule has 1 aliphatic rings. The van der Waals surface area contributed by atoms with Crippen LogP contribution in [0.25, 0.3) is 0 Å². The Hall–Kier alpha value is -0.800. The Labute approximate surface area is 133 Å². The van der Waals surface area contributed by atoms with E-state index < -0.39 is 0 Å². The van der Waals surface area contributed by atoms with E-state index in [1.807, 2.05) is 11.3 Å². The van der Waals surface area contributed by atoms with Crippen molar-refractivity contribution in [1.29, 1.82) is 0 Å². The minimum absolute atomic E-state index is 0.0684. The molecule has 0 fully saturated rings. The predicted molar refractivity (Wildman–Crippen MR) is 89.3 cm³/mol. The van der Waals surface area contributed by atoms with Gasteiger partial charge in [-0.25, -0.2) is 0 Å². The van der Waals surface area contributed by atoms with Gasteiger partial charge in [0.25, 0.3) is 0 Å². The summed E-state index contributed by atoms with van der Waals surface area (Å²) in [5, 5.41) is 0. The number of fused-ring (bicyclic) bond motifs is 1. The average molecular weight is 351 g/mol. The molecule has 1 atom stereocenters. The quantitative estimate of drug-likeness (QED) is 0.663. The maximum absolute atomic E-state index is 5.94. The fraction of sp³-hybridized carbons (Fsp3) is 0.412. The van der Waals surface area contributed by atoms with Gasteiger partial charge in [0.05, 0.1) is 4.83 Å². The minimum atomic E-state index is -0.0684. The zero-order valence-corrected chi connectivity index (χ0v) is 14.5. The molecule has 20 heavy (non-hydrogen) atoms. The normalized spacial score (nSPS) is 17.6. The highest BCUT2D eigenvalue weighted by Crippen LogP contribution is 2.40. The molecule has 3 heteroatoms. The second kappa shape index (κ2) is 5.19. The smallest absolute Gasteiger partial charge is 0.123 e. The third kappa shape index (κ3) is 2.66. The summed E-state index contributed by atoms with van der Waals surface area (Å²) in [6, 6.07) is 11.0. The second-order valence-electron chi connectivity index (χ2n) is 5.93. The second-order valence-corrected chi connectivity index (χ2v) is 8.04. The fourth-order valence-corrected chi connectivity index (χ4v) is 4.35. The number of benzene rings is 1. The molecule has 0 N–H and O–H groups in total. The number of alkyl halides is 1. The average Bonchev–Trinajstić information content (AvgIpc) is 2.98. The van der Waals surface area contributed by atoms with Crippen molar-refractivity contribution in [3.63, 3.8) is 0 Å². The highest BCUT2D eigenvalue weighted by Gasteiger charge is 2.30. The summed E-state index contributed by atoms with van der Waals surface area (Å²) < 4.78 is 5.94. The third-order valence-electron chi connectivity index (χ3n) is 3.66. The summed E-state index contributed by atoms with van der Waals surface area (Å²) in [5.41, 5.74) is 2.57. The van der Waals surface area contributed by atoms with E-state index in [1.54, 1.807) is 0 Å². The van der Waals surface area contributed by atoms with Crippen LogP contribution in [-0.2, 0) is 12.8 Å². The van der Waals surface area contributed by atoms with Gasteiger partial charge in [-0.15, -0.1) is 11.3 Å². The minimum Gasteiger partial charge on any atom is -0.487 e. The van der Waals surface area contributed by atoms with E-state index in [9.17, 15) is 0 Å². The van der Waals surface area contributed by atoms with E-state index in [-0.39, 0.29) is 10.4 Å². The molecule has 0 saturated carbocycles. The van der Waals surface area contributed by atoms with Crippen molar-refractivity contribution in [1.82, 2.24) is 0 Å². The SMILES string of the molecule is CCc1ccc(C(Br)c2ccc3c(c2)CC(C)(C)O3)s1. The van der Waals surface area contributed by atoms with Crippen LogP contribution in [0.5, 0.6) is 5.75 Å². The van der Waals surface area contributed by atoms with Gasteiger partial charge in [-0.1, -0.05) is 35.0 Å². The van der Waals surface area contributed by atoms with E-state index in [4.69, 9.17) is 4.74 Å². The molecule has 1 aromatic carbocycles. The summed E-state index contributed by atoms with van der Waals surface area (Å²) in [6.45, 7) is 6.49. The van der Waals surface area contributed by atoms with Gasteiger partial charge >= 0.3 is 0 Å². The highest BCUT2D eigenvalue weighted by molar-refractivity contribution is 9.09. The molecular weight excluding hydrogens is 332 g/mol. The maximum atomic E-state index is 5.94. The van der Waals surface area contributed by atoms with Crippen LogP contribution >= 0.6 is 27.3 Å². The van der Waals surface area contributed by atoms with Crippen molar-refractivity contribution in [3.05, 3.63) is 51.2 Å². The summed E-state index contributed by atoms with van der Waals surface area (Å²) in [6.07, 6.45) is 2.09. The number of hydrogen-bond donors (Lipinski definition) is 0. The topological polar surface area (TPSA) is 9.23 Å². The van der Waals surface area contributed by atoms with Crippen LogP contribution in [-0.4, -0.2) is 5.60 Å². The van der Waals surface area contributed by atoms with Crippen LogP contribution in [0.4, 0.5) is 0 Å². The molecule has 0 spiro atoms. The van der Waals surface area contributed by atoms with Gasteiger partial charge in [-0.05, 0) is 49.6 Å². The lowest BCUT2D eigenvalue weighted by molar-refractivity contribution is 0.138. The van der Waals surface area contributed by atoms with Gasteiger partial charge < -0.3 is 4.74 Å². The largest absolute Gasteiger partial charge is 0.487 e. The molecule has 0 bridgehead atoms. The molecule has 106 valence electrons. The number of hydrogen-bond acceptors (Lipinski definition) is 2. The van der Waals surface area contributed by atoms with Crippen LogP contribution in [0.3, 0.4) is 0 Å². The molecule has 0 radical (unpaired) electrons. The first-order chi connectivity index (χ1) is 9.48. The Kier molecular flexibility index (Phi) is 3.67. The number of ether oxygens (including phenoxy) is 1. The van der Waals surface area contributed by atoms with Crippen molar-refractivity contribution < 1.29 is 4.74 Å². The van der Waals surface area contributed by atoms with Crippen LogP contribution in [0.15, 0.2) is 30.3 Å². The number of halogens is 1. The molecule has 0 aliphatic carbocycles. The van der Waals surface area contributed by atoms with Gasteiger partial charge in [0.1, 0.15) is 11.4 Å². The molecule has 0 saturated heterocycles. The van der Waals surface area contributed by atoms with Gasteiger partial charge in [-0.3, -0.25) is 0 Å². The fourth-order valence-electron chi connectivity index (χ4n) is 2.67. The first-order valence-corrected chi connectivity index (χ1v) is 8.76. The molecular formula is C17H19BrOS. The first kappa shape index (κ1) is 14.2. The third-order valence-corrected chi connectivity index (χ3v) is 6.28. The van der Waals surface area contributed by atoms with Gasteiger partial charge in [0.15, 0.2) is 0 Å². The maximum Gasteiger partial charge on any atom is 0.123 e. The van der Waals surface area contributed by atoms with Crippen molar-refractivity contribution in [3.8, 4) is 5.75 Å². The Balaban J connectivity index is 1.88. The lowest BCUT2D eigenvalue weighted by Crippen LogP contribution is -2.24. The monoisotopic (exact) mass is 350 g/mol. The Bertz CT molecular complexity index is 630. The molecule has 1 nitrogen and oxygen atoms in total. The van der Waals surface area contributed by atoms with E-state index in [1.165, 1.54) is 20.9 Å². The summed E-state index contributed by atoms with van der Waals surface area (Å²) in [4.78, 5) is 3.09. The lowest BCUT2D eigenvalue weighted by Gasteiger charge is -2.16. The standard InChI is InChI=1S/C17H19BrOS/c1-4-13-6-8-15(20-13)16(18)11-5-7-14-12(9-11)10-17(2,3)19-14/h5-9,16H,4,10H2,1-3H3. The van der Waals surface area contributed by atoms with E-state index in [0.29, 0.717) is 0 Å². The summed E-state index contributed by atoms with van der Waals surface area (Å²) in [7, 11) is 0. The molecule has 1 unspecified atom stereocenters. The van der Waals surface area contributed by atoms with E-state index >= 15 is 0 Å². The zero-order valence-electron chi connectivity index (χ0n) is 12.1. The van der Waals surface area contributed by atoms with Gasteiger partial charge in [-0.2, -0.15) is 0 Å².